The normalized spacial score (nSPS) is 9.75. The number of hydrogen-bond donors (Lipinski definition) is 2. The minimum absolute atomic E-state index is 0.394. The molecule has 0 aromatic carbocycles. The van der Waals surface area contributed by atoms with Crippen LogP contribution in [0.5, 0.6) is 0 Å². The standard InChI is InChI=1S/C6H8ClN3O2/c7-2-3-8-10-4-1-5(11)9-6(10)12/h1,4,8H,2-3H2,(H,9,11,12). The molecule has 0 aliphatic heterocycles. The third-order valence-electron chi connectivity index (χ3n) is 1.20. The van der Waals surface area contributed by atoms with Gasteiger partial charge in [-0.15, -0.1) is 11.6 Å². The molecule has 0 spiro atoms. The molecule has 0 saturated heterocycles. The zero-order valence-electron chi connectivity index (χ0n) is 6.21. The lowest BCUT2D eigenvalue weighted by molar-refractivity contribution is 0.778. The van der Waals surface area contributed by atoms with E-state index in [1.165, 1.54) is 16.9 Å². The summed E-state index contributed by atoms with van der Waals surface area (Å²) in [6.45, 7) is 0.466. The Hall–Kier alpha value is -1.23. The Morgan fingerprint density at radius 3 is 2.92 bits per heavy atom. The number of halogens is 1. The van der Waals surface area contributed by atoms with Crippen molar-refractivity contribution in [3.63, 3.8) is 0 Å². The molecule has 1 aromatic rings. The van der Waals surface area contributed by atoms with Gasteiger partial charge in [-0.25, -0.2) is 9.47 Å². The molecule has 2 N–H and O–H groups in total. The van der Waals surface area contributed by atoms with E-state index >= 15 is 0 Å². The van der Waals surface area contributed by atoms with E-state index in [-0.39, 0.29) is 0 Å². The molecule has 1 aromatic heterocycles. The molecule has 6 heteroatoms. The number of nitrogens with one attached hydrogen (secondary N) is 2. The van der Waals surface area contributed by atoms with Crippen LogP contribution in [0.2, 0.25) is 0 Å². The Balaban J connectivity index is 2.87. The van der Waals surface area contributed by atoms with Crippen LogP contribution in [0.1, 0.15) is 0 Å². The number of hydrogen-bond acceptors (Lipinski definition) is 3. The summed E-state index contributed by atoms with van der Waals surface area (Å²) in [6.07, 6.45) is 1.35. The number of nitrogens with zero attached hydrogens (tertiary/aromatic N) is 1. The summed E-state index contributed by atoms with van der Waals surface area (Å²) in [5.41, 5.74) is 1.79. The first-order valence-electron chi connectivity index (χ1n) is 3.36. The highest BCUT2D eigenvalue weighted by Gasteiger charge is 1.92. The van der Waals surface area contributed by atoms with Crippen LogP contribution in [0.3, 0.4) is 0 Å². The first-order valence-corrected chi connectivity index (χ1v) is 3.89. The molecule has 0 unspecified atom stereocenters. The molecule has 1 rings (SSSR count). The summed E-state index contributed by atoms with van der Waals surface area (Å²) in [6, 6.07) is 1.25. The second-order valence-corrected chi connectivity index (χ2v) is 2.46. The number of alkyl halides is 1. The van der Waals surface area contributed by atoms with Gasteiger partial charge in [0.05, 0.1) is 0 Å². The van der Waals surface area contributed by atoms with Crippen molar-refractivity contribution < 1.29 is 0 Å². The molecule has 0 saturated carbocycles. The SMILES string of the molecule is O=c1ccn(NCCCl)c(=O)[nH]1. The fourth-order valence-electron chi connectivity index (χ4n) is 0.704. The summed E-state index contributed by atoms with van der Waals surface area (Å²) in [7, 11) is 0. The zero-order chi connectivity index (χ0) is 8.97. The molecule has 0 amide bonds. The van der Waals surface area contributed by atoms with Gasteiger partial charge in [0.15, 0.2) is 0 Å². The Labute approximate surface area is 73.0 Å². The Morgan fingerprint density at radius 1 is 1.58 bits per heavy atom. The van der Waals surface area contributed by atoms with Crippen LogP contribution in [0, 0.1) is 0 Å². The lowest BCUT2D eigenvalue weighted by Crippen LogP contribution is -2.35. The van der Waals surface area contributed by atoms with E-state index in [4.69, 9.17) is 11.6 Å². The lowest BCUT2D eigenvalue weighted by atomic mass is 10.7. The van der Waals surface area contributed by atoms with E-state index in [1.807, 2.05) is 0 Å². The van der Waals surface area contributed by atoms with Gasteiger partial charge in [0.25, 0.3) is 5.56 Å². The van der Waals surface area contributed by atoms with Crippen molar-refractivity contribution in [1.82, 2.24) is 9.66 Å². The van der Waals surface area contributed by atoms with Crippen molar-refractivity contribution in [1.29, 1.82) is 0 Å². The molecule has 0 fully saturated rings. The minimum atomic E-state index is -0.493. The molecular weight excluding hydrogens is 182 g/mol. The van der Waals surface area contributed by atoms with Crippen molar-refractivity contribution in [3.05, 3.63) is 33.1 Å². The maximum atomic E-state index is 10.9. The van der Waals surface area contributed by atoms with Gasteiger partial charge in [-0.2, -0.15) is 0 Å². The number of aromatic amines is 1. The Kier molecular flexibility index (Phi) is 2.93. The van der Waals surface area contributed by atoms with E-state index < -0.39 is 11.2 Å². The fourth-order valence-corrected chi connectivity index (χ4v) is 0.789. The molecule has 5 nitrogen and oxygen atoms in total. The highest BCUT2D eigenvalue weighted by Crippen LogP contribution is 1.72. The van der Waals surface area contributed by atoms with Crippen molar-refractivity contribution in [3.8, 4) is 0 Å². The van der Waals surface area contributed by atoms with Gasteiger partial charge in [-0.05, 0) is 0 Å². The maximum absolute atomic E-state index is 10.9. The van der Waals surface area contributed by atoms with Gasteiger partial charge >= 0.3 is 5.69 Å². The number of rotatable bonds is 3. The molecular formula is C6H8ClN3O2. The first-order chi connectivity index (χ1) is 5.74. The van der Waals surface area contributed by atoms with E-state index in [0.29, 0.717) is 12.4 Å². The van der Waals surface area contributed by atoms with Crippen molar-refractivity contribution in [2.24, 2.45) is 0 Å². The molecule has 66 valence electrons. The quantitative estimate of drug-likeness (QED) is 0.620. The second kappa shape index (κ2) is 3.96. The summed E-state index contributed by atoms with van der Waals surface area (Å²) >= 11 is 5.39. The Morgan fingerprint density at radius 2 is 2.33 bits per heavy atom. The predicted molar refractivity (Wildman–Crippen MR) is 46.3 cm³/mol. The first kappa shape index (κ1) is 8.86. The predicted octanol–water partition coefficient (Wildman–Crippen LogP) is -0.681. The van der Waals surface area contributed by atoms with Crippen LogP contribution < -0.4 is 16.7 Å². The van der Waals surface area contributed by atoms with Gasteiger partial charge in [-0.3, -0.25) is 9.78 Å². The van der Waals surface area contributed by atoms with E-state index in [9.17, 15) is 9.59 Å². The smallest absolute Gasteiger partial charge is 0.321 e. The third-order valence-corrected chi connectivity index (χ3v) is 1.39. The van der Waals surface area contributed by atoms with Crippen LogP contribution in [-0.4, -0.2) is 22.1 Å². The molecule has 12 heavy (non-hydrogen) atoms. The third kappa shape index (κ3) is 2.13. The largest absolute Gasteiger partial charge is 0.346 e. The van der Waals surface area contributed by atoms with Crippen LogP contribution in [0.4, 0.5) is 0 Å². The van der Waals surface area contributed by atoms with Crippen molar-refractivity contribution in [2.75, 3.05) is 17.9 Å². The van der Waals surface area contributed by atoms with Crippen molar-refractivity contribution in [2.45, 2.75) is 0 Å². The minimum Gasteiger partial charge on any atom is -0.321 e. The van der Waals surface area contributed by atoms with Crippen LogP contribution in [-0.2, 0) is 0 Å². The summed E-state index contributed by atoms with van der Waals surface area (Å²) in [5, 5.41) is 0. The fraction of sp³-hybridized carbons (Fsp3) is 0.333. The lowest BCUT2D eigenvalue weighted by Gasteiger charge is -2.04. The summed E-state index contributed by atoms with van der Waals surface area (Å²) in [5.74, 6) is 0.394. The van der Waals surface area contributed by atoms with Crippen LogP contribution >= 0.6 is 11.6 Å². The van der Waals surface area contributed by atoms with Crippen LogP contribution in [0.15, 0.2) is 21.9 Å². The van der Waals surface area contributed by atoms with Crippen LogP contribution in [0.25, 0.3) is 0 Å². The summed E-state index contributed by atoms with van der Waals surface area (Å²) < 4.78 is 1.17. The van der Waals surface area contributed by atoms with Gasteiger partial charge in [0.1, 0.15) is 0 Å². The molecule has 0 aliphatic rings. The second-order valence-electron chi connectivity index (χ2n) is 2.08. The molecule has 0 atom stereocenters. The molecule has 0 radical (unpaired) electrons. The Bertz CT molecular complexity index is 356. The van der Waals surface area contributed by atoms with E-state index in [2.05, 4.69) is 10.4 Å². The number of H-pyrrole nitrogens is 1. The van der Waals surface area contributed by atoms with Gasteiger partial charge < -0.3 is 5.43 Å². The summed E-state index contributed by atoms with van der Waals surface area (Å²) in [4.78, 5) is 23.6. The number of aromatic nitrogens is 2. The molecule has 1 heterocycles. The topological polar surface area (TPSA) is 66.9 Å². The van der Waals surface area contributed by atoms with Gasteiger partial charge in [0, 0.05) is 24.7 Å². The molecule has 0 bridgehead atoms. The van der Waals surface area contributed by atoms with Gasteiger partial charge in [-0.1, -0.05) is 0 Å². The average molecular weight is 190 g/mol. The molecule has 0 aliphatic carbocycles. The van der Waals surface area contributed by atoms with Crippen molar-refractivity contribution >= 4 is 11.6 Å². The average Bonchev–Trinajstić information content (AvgIpc) is 2.03. The van der Waals surface area contributed by atoms with Gasteiger partial charge in [0.2, 0.25) is 0 Å². The maximum Gasteiger partial charge on any atom is 0.346 e. The zero-order valence-corrected chi connectivity index (χ0v) is 6.97. The van der Waals surface area contributed by atoms with E-state index in [1.54, 1.807) is 0 Å². The monoisotopic (exact) mass is 189 g/mol. The van der Waals surface area contributed by atoms with E-state index in [0.717, 1.165) is 0 Å². The highest BCUT2D eigenvalue weighted by atomic mass is 35.5. The highest BCUT2D eigenvalue weighted by molar-refractivity contribution is 6.18.